The third-order valence-corrected chi connectivity index (χ3v) is 3.94. The fraction of sp³-hybridized carbons (Fsp3) is 0.143. The van der Waals surface area contributed by atoms with Crippen LogP contribution in [-0.4, -0.2) is 17.9 Å². The van der Waals surface area contributed by atoms with Crippen LogP contribution in [0.4, 0.5) is 0 Å². The van der Waals surface area contributed by atoms with Gasteiger partial charge in [0.2, 0.25) is 5.88 Å². The maximum Gasteiger partial charge on any atom is 0.230 e. The highest BCUT2D eigenvalue weighted by atomic mass is 79.9. The number of ether oxygens (including phenoxy) is 2. The second-order valence-electron chi connectivity index (χ2n) is 4.24. The Morgan fingerprint density at radius 3 is 2.43 bits per heavy atom. The Morgan fingerprint density at radius 1 is 1.19 bits per heavy atom. The molecule has 1 aromatic heterocycles. The van der Waals surface area contributed by atoms with E-state index in [9.17, 15) is 0 Å². The molecule has 0 aliphatic rings. The van der Waals surface area contributed by atoms with Gasteiger partial charge in [-0.15, -0.1) is 0 Å². The van der Waals surface area contributed by atoms with Gasteiger partial charge in [-0.1, -0.05) is 0 Å². The molecule has 110 valence electrons. The van der Waals surface area contributed by atoms with Gasteiger partial charge in [0.15, 0.2) is 0 Å². The highest BCUT2D eigenvalue weighted by molar-refractivity contribution is 9.11. The number of aryl methyl sites for hydroxylation is 1. The average Bonchev–Trinajstić information content (AvgIpc) is 2.42. The third-order valence-electron chi connectivity index (χ3n) is 2.70. The summed E-state index contributed by atoms with van der Waals surface area (Å²) in [5.74, 6) is 1.42. The fourth-order valence-electron chi connectivity index (χ4n) is 1.66. The minimum absolute atomic E-state index is 0.0961. The molecule has 0 radical (unpaired) electrons. The Morgan fingerprint density at radius 2 is 1.81 bits per heavy atom. The Kier molecular flexibility index (Phi) is 4.84. The van der Waals surface area contributed by atoms with Crippen LogP contribution >= 0.6 is 31.9 Å². The van der Waals surface area contributed by atoms with Crippen molar-refractivity contribution in [3.8, 4) is 17.4 Å². The van der Waals surface area contributed by atoms with Crippen LogP contribution in [0.1, 0.15) is 11.3 Å². The van der Waals surface area contributed by atoms with Crippen molar-refractivity contribution in [2.45, 2.75) is 6.92 Å². The van der Waals surface area contributed by atoms with Gasteiger partial charge in [0.05, 0.1) is 21.6 Å². The van der Waals surface area contributed by atoms with Gasteiger partial charge in [0.1, 0.15) is 17.3 Å². The van der Waals surface area contributed by atoms with Gasteiger partial charge in [-0.3, -0.25) is 5.41 Å². The molecule has 3 N–H and O–H groups in total. The summed E-state index contributed by atoms with van der Waals surface area (Å²) in [4.78, 5) is 4.29. The van der Waals surface area contributed by atoms with Crippen molar-refractivity contribution < 1.29 is 9.47 Å². The van der Waals surface area contributed by atoms with Crippen LogP contribution in [0.5, 0.6) is 17.4 Å². The maximum atomic E-state index is 7.59. The van der Waals surface area contributed by atoms with Gasteiger partial charge >= 0.3 is 0 Å². The second kappa shape index (κ2) is 6.44. The fourth-order valence-corrected chi connectivity index (χ4v) is 2.55. The molecule has 21 heavy (non-hydrogen) atoms. The van der Waals surface area contributed by atoms with E-state index in [2.05, 4.69) is 36.8 Å². The molecule has 0 spiro atoms. The third kappa shape index (κ3) is 3.54. The summed E-state index contributed by atoms with van der Waals surface area (Å²) in [5.41, 5.74) is 6.77. The zero-order chi connectivity index (χ0) is 15.6. The number of hydrogen-bond acceptors (Lipinski definition) is 4. The molecule has 0 saturated carbocycles. The largest absolute Gasteiger partial charge is 0.496 e. The smallest absolute Gasteiger partial charge is 0.230 e. The van der Waals surface area contributed by atoms with Crippen molar-refractivity contribution in [2.24, 2.45) is 5.73 Å². The first kappa shape index (κ1) is 15.8. The Bertz CT molecular complexity index is 705. The molecule has 1 aromatic carbocycles. The summed E-state index contributed by atoms with van der Waals surface area (Å²) in [6.45, 7) is 1.84. The first-order chi connectivity index (χ1) is 9.92. The van der Waals surface area contributed by atoms with Gasteiger partial charge in [-0.05, 0) is 63.0 Å². The van der Waals surface area contributed by atoms with Crippen LogP contribution in [0, 0.1) is 12.3 Å². The predicted molar refractivity (Wildman–Crippen MR) is 88.5 cm³/mol. The number of benzene rings is 1. The van der Waals surface area contributed by atoms with Crippen molar-refractivity contribution in [3.05, 3.63) is 44.5 Å². The highest BCUT2D eigenvalue weighted by Crippen LogP contribution is 2.38. The minimum atomic E-state index is -0.0961. The zero-order valence-corrected chi connectivity index (χ0v) is 14.6. The summed E-state index contributed by atoms with van der Waals surface area (Å²) in [6.07, 6.45) is 0. The average molecular weight is 415 g/mol. The molecule has 0 fully saturated rings. The SMILES string of the molecule is COc1cc(Br)c(Oc2nc(C)ccc2C(=N)N)cc1Br. The lowest BCUT2D eigenvalue weighted by Gasteiger charge is -2.13. The molecule has 1 heterocycles. The lowest BCUT2D eigenvalue weighted by Crippen LogP contribution is -2.13. The number of pyridine rings is 1. The Balaban J connectivity index is 2.45. The van der Waals surface area contributed by atoms with Crippen LogP contribution in [0.15, 0.2) is 33.2 Å². The monoisotopic (exact) mass is 413 g/mol. The zero-order valence-electron chi connectivity index (χ0n) is 11.4. The van der Waals surface area contributed by atoms with E-state index in [1.54, 1.807) is 31.4 Å². The first-order valence-corrected chi connectivity index (χ1v) is 7.54. The summed E-state index contributed by atoms with van der Waals surface area (Å²) >= 11 is 6.82. The molecule has 2 rings (SSSR count). The van der Waals surface area contributed by atoms with Gasteiger partial charge < -0.3 is 15.2 Å². The molecule has 2 aromatic rings. The van der Waals surface area contributed by atoms with E-state index in [-0.39, 0.29) is 5.84 Å². The van der Waals surface area contributed by atoms with Gasteiger partial charge in [0, 0.05) is 5.69 Å². The minimum Gasteiger partial charge on any atom is -0.496 e. The topological polar surface area (TPSA) is 81.2 Å². The van der Waals surface area contributed by atoms with E-state index in [0.29, 0.717) is 27.4 Å². The number of nitrogen functional groups attached to an aromatic ring is 1. The number of amidine groups is 1. The molecule has 0 amide bonds. The molecular weight excluding hydrogens is 402 g/mol. The predicted octanol–water partition coefficient (Wildman–Crippen LogP) is 4.00. The van der Waals surface area contributed by atoms with E-state index in [0.717, 1.165) is 10.2 Å². The molecule has 0 saturated heterocycles. The second-order valence-corrected chi connectivity index (χ2v) is 5.95. The molecular formula is C14H13Br2N3O2. The number of nitrogens with zero attached hydrogens (tertiary/aromatic N) is 1. The van der Waals surface area contributed by atoms with E-state index < -0.39 is 0 Å². The van der Waals surface area contributed by atoms with Crippen molar-refractivity contribution in [3.63, 3.8) is 0 Å². The lowest BCUT2D eigenvalue weighted by atomic mass is 10.2. The highest BCUT2D eigenvalue weighted by Gasteiger charge is 2.14. The number of rotatable bonds is 4. The molecule has 0 aliphatic heterocycles. The number of methoxy groups -OCH3 is 1. The molecule has 7 heteroatoms. The van der Waals surface area contributed by atoms with Crippen LogP contribution in [0.25, 0.3) is 0 Å². The summed E-state index contributed by atoms with van der Waals surface area (Å²) < 4.78 is 12.5. The lowest BCUT2D eigenvalue weighted by molar-refractivity contribution is 0.408. The number of aromatic nitrogens is 1. The number of nitrogens with two attached hydrogens (primary N) is 1. The molecule has 0 unspecified atom stereocenters. The molecule has 0 bridgehead atoms. The van der Waals surface area contributed by atoms with Crippen LogP contribution in [0.3, 0.4) is 0 Å². The van der Waals surface area contributed by atoms with Gasteiger partial charge in [-0.25, -0.2) is 4.98 Å². The first-order valence-electron chi connectivity index (χ1n) is 5.95. The van der Waals surface area contributed by atoms with Crippen LogP contribution < -0.4 is 15.2 Å². The maximum absolute atomic E-state index is 7.59. The number of hydrogen-bond donors (Lipinski definition) is 2. The standard InChI is InChI=1S/C14H13Br2N3O2/c1-7-3-4-8(13(17)18)14(19-7)21-12-6-9(15)11(20-2)5-10(12)16/h3-6H,1-2H3,(H3,17,18). The summed E-state index contributed by atoms with van der Waals surface area (Å²) in [5, 5.41) is 7.59. The van der Waals surface area contributed by atoms with E-state index >= 15 is 0 Å². The van der Waals surface area contributed by atoms with Crippen molar-refractivity contribution in [1.29, 1.82) is 5.41 Å². The van der Waals surface area contributed by atoms with Crippen molar-refractivity contribution in [2.75, 3.05) is 7.11 Å². The van der Waals surface area contributed by atoms with Gasteiger partial charge in [0.25, 0.3) is 0 Å². The molecule has 0 aliphatic carbocycles. The molecule has 5 nitrogen and oxygen atoms in total. The normalized spacial score (nSPS) is 10.3. The Labute approximate surface area is 139 Å². The number of halogens is 2. The molecule has 0 atom stereocenters. The van der Waals surface area contributed by atoms with Gasteiger partial charge in [-0.2, -0.15) is 0 Å². The Hall–Kier alpha value is -1.60. The van der Waals surface area contributed by atoms with Crippen molar-refractivity contribution >= 4 is 37.7 Å². The van der Waals surface area contributed by atoms with E-state index in [1.807, 2.05) is 6.92 Å². The number of nitrogens with one attached hydrogen (secondary N) is 1. The van der Waals surface area contributed by atoms with Crippen LogP contribution in [-0.2, 0) is 0 Å². The van der Waals surface area contributed by atoms with E-state index in [1.165, 1.54) is 0 Å². The van der Waals surface area contributed by atoms with Crippen LogP contribution in [0.2, 0.25) is 0 Å². The van der Waals surface area contributed by atoms with Crippen molar-refractivity contribution in [1.82, 2.24) is 4.98 Å². The van der Waals surface area contributed by atoms with E-state index in [4.69, 9.17) is 20.6 Å². The summed E-state index contributed by atoms with van der Waals surface area (Å²) in [6, 6.07) is 7.04. The summed E-state index contributed by atoms with van der Waals surface area (Å²) in [7, 11) is 1.59. The quantitative estimate of drug-likeness (QED) is 0.585.